The molecule has 1 atom stereocenters. The quantitative estimate of drug-likeness (QED) is 0.870. The van der Waals surface area contributed by atoms with E-state index in [0.29, 0.717) is 11.8 Å². The van der Waals surface area contributed by atoms with Crippen LogP contribution in [0.4, 0.5) is 0 Å². The maximum absolute atomic E-state index is 12.4. The minimum atomic E-state index is 0.139. The number of hydrogen-bond acceptors (Lipinski definition) is 3. The molecule has 2 aromatic rings. The summed E-state index contributed by atoms with van der Waals surface area (Å²) in [5, 5.41) is 8.49. The molecule has 1 aliphatic carbocycles. The van der Waals surface area contributed by atoms with Crippen molar-refractivity contribution >= 4 is 5.91 Å². The molecule has 0 bridgehead atoms. The van der Waals surface area contributed by atoms with Gasteiger partial charge in [-0.15, -0.1) is 5.10 Å². The van der Waals surface area contributed by atoms with E-state index in [-0.39, 0.29) is 5.91 Å². The lowest BCUT2D eigenvalue weighted by atomic mass is 10.1. The van der Waals surface area contributed by atoms with Crippen LogP contribution in [-0.4, -0.2) is 38.9 Å². The predicted octanol–water partition coefficient (Wildman–Crippen LogP) is 2.32. The van der Waals surface area contributed by atoms with Gasteiger partial charge >= 0.3 is 0 Å². The molecule has 5 nitrogen and oxygen atoms in total. The second-order valence-corrected chi connectivity index (χ2v) is 6.41. The van der Waals surface area contributed by atoms with Gasteiger partial charge in [0.25, 0.3) is 5.91 Å². The summed E-state index contributed by atoms with van der Waals surface area (Å²) in [6.07, 6.45) is 5.62. The standard InChI is InChI=1S/C17H20N4O/c22-17(15-4-2-1-3-5-15)20-9-8-13(10-20)11-21-12-16(18-19-21)14-6-7-14/h1-5,12-14H,6-11H2. The molecule has 1 saturated carbocycles. The maximum Gasteiger partial charge on any atom is 0.253 e. The third kappa shape index (κ3) is 2.75. The molecule has 2 fully saturated rings. The Morgan fingerprint density at radius 3 is 2.77 bits per heavy atom. The molecular weight excluding hydrogens is 276 g/mol. The van der Waals surface area contributed by atoms with Crippen molar-refractivity contribution in [2.45, 2.75) is 31.7 Å². The number of nitrogens with zero attached hydrogens (tertiary/aromatic N) is 4. The molecule has 0 radical (unpaired) electrons. The average molecular weight is 296 g/mol. The van der Waals surface area contributed by atoms with Gasteiger partial charge in [0, 0.05) is 37.3 Å². The second-order valence-electron chi connectivity index (χ2n) is 6.41. The summed E-state index contributed by atoms with van der Waals surface area (Å²) in [6.45, 7) is 2.51. The van der Waals surface area contributed by atoms with E-state index in [4.69, 9.17) is 0 Å². The lowest BCUT2D eigenvalue weighted by Gasteiger charge is -2.16. The van der Waals surface area contributed by atoms with E-state index in [1.807, 2.05) is 39.9 Å². The van der Waals surface area contributed by atoms with Crippen molar-refractivity contribution in [1.29, 1.82) is 0 Å². The first kappa shape index (κ1) is 13.5. The Bertz CT molecular complexity index is 662. The van der Waals surface area contributed by atoms with Gasteiger partial charge in [0.05, 0.1) is 5.69 Å². The highest BCUT2D eigenvalue weighted by molar-refractivity contribution is 5.94. The predicted molar refractivity (Wildman–Crippen MR) is 82.4 cm³/mol. The van der Waals surface area contributed by atoms with Crippen LogP contribution in [0.15, 0.2) is 36.5 Å². The van der Waals surface area contributed by atoms with Gasteiger partial charge in [-0.25, -0.2) is 0 Å². The third-order valence-corrected chi connectivity index (χ3v) is 4.59. The lowest BCUT2D eigenvalue weighted by molar-refractivity contribution is 0.0785. The largest absolute Gasteiger partial charge is 0.338 e. The summed E-state index contributed by atoms with van der Waals surface area (Å²) in [7, 11) is 0. The summed E-state index contributed by atoms with van der Waals surface area (Å²) in [5.74, 6) is 1.26. The van der Waals surface area contributed by atoms with Crippen molar-refractivity contribution in [3.63, 3.8) is 0 Å². The van der Waals surface area contributed by atoms with Crippen LogP contribution in [0.3, 0.4) is 0 Å². The molecule has 1 aliphatic heterocycles. The summed E-state index contributed by atoms with van der Waals surface area (Å²) < 4.78 is 1.95. The summed E-state index contributed by atoms with van der Waals surface area (Å²) in [4.78, 5) is 14.4. The lowest BCUT2D eigenvalue weighted by Crippen LogP contribution is -2.29. The van der Waals surface area contributed by atoms with Crippen molar-refractivity contribution < 1.29 is 4.79 Å². The van der Waals surface area contributed by atoms with E-state index in [1.165, 1.54) is 12.8 Å². The van der Waals surface area contributed by atoms with Gasteiger partial charge in [0.2, 0.25) is 0 Å². The van der Waals surface area contributed by atoms with Crippen LogP contribution in [0.2, 0.25) is 0 Å². The molecule has 1 aromatic carbocycles. The Hall–Kier alpha value is -2.17. The number of carbonyl (C=O) groups excluding carboxylic acids is 1. The van der Waals surface area contributed by atoms with E-state index in [9.17, 15) is 4.79 Å². The van der Waals surface area contributed by atoms with Gasteiger partial charge < -0.3 is 4.90 Å². The Morgan fingerprint density at radius 1 is 1.18 bits per heavy atom. The molecule has 2 heterocycles. The molecular formula is C17H20N4O. The van der Waals surface area contributed by atoms with Crippen molar-refractivity contribution in [3.05, 3.63) is 47.8 Å². The SMILES string of the molecule is O=C(c1ccccc1)N1CCC(Cn2cc(C3CC3)nn2)C1. The Kier molecular flexibility index (Phi) is 3.41. The topological polar surface area (TPSA) is 51.0 Å². The fraction of sp³-hybridized carbons (Fsp3) is 0.471. The van der Waals surface area contributed by atoms with Crippen LogP contribution in [-0.2, 0) is 6.54 Å². The molecule has 2 aliphatic rings. The molecule has 1 unspecified atom stereocenters. The zero-order chi connectivity index (χ0) is 14.9. The minimum Gasteiger partial charge on any atom is -0.338 e. The molecule has 1 saturated heterocycles. The fourth-order valence-corrected chi connectivity index (χ4v) is 3.16. The number of likely N-dealkylation sites (tertiary alicyclic amines) is 1. The number of hydrogen-bond donors (Lipinski definition) is 0. The molecule has 1 aromatic heterocycles. The van der Waals surface area contributed by atoms with Gasteiger partial charge in [0.15, 0.2) is 0 Å². The first-order chi connectivity index (χ1) is 10.8. The average Bonchev–Trinajstić information content (AvgIpc) is 3.13. The van der Waals surface area contributed by atoms with E-state index < -0.39 is 0 Å². The van der Waals surface area contributed by atoms with Crippen molar-refractivity contribution in [1.82, 2.24) is 19.9 Å². The molecule has 0 spiro atoms. The highest BCUT2D eigenvalue weighted by Crippen LogP contribution is 2.38. The molecule has 4 rings (SSSR count). The van der Waals surface area contributed by atoms with Gasteiger partial charge in [-0.3, -0.25) is 9.48 Å². The first-order valence-electron chi connectivity index (χ1n) is 8.04. The molecule has 1 amide bonds. The summed E-state index contributed by atoms with van der Waals surface area (Å²) in [5.41, 5.74) is 1.91. The monoisotopic (exact) mass is 296 g/mol. The third-order valence-electron chi connectivity index (χ3n) is 4.59. The second kappa shape index (κ2) is 5.55. The Labute approximate surface area is 129 Å². The van der Waals surface area contributed by atoms with Gasteiger partial charge in [0.1, 0.15) is 0 Å². The first-order valence-corrected chi connectivity index (χ1v) is 8.04. The molecule has 0 N–H and O–H groups in total. The van der Waals surface area contributed by atoms with Crippen LogP contribution in [0, 0.1) is 5.92 Å². The normalized spacial score (nSPS) is 21.3. The van der Waals surface area contributed by atoms with Crippen LogP contribution < -0.4 is 0 Å². The molecule has 5 heteroatoms. The summed E-state index contributed by atoms with van der Waals surface area (Å²) in [6, 6.07) is 9.53. The number of amides is 1. The van der Waals surface area contributed by atoms with E-state index in [1.54, 1.807) is 0 Å². The number of aromatic nitrogens is 3. The van der Waals surface area contributed by atoms with Crippen molar-refractivity contribution in [3.8, 4) is 0 Å². The maximum atomic E-state index is 12.4. The Balaban J connectivity index is 1.36. The zero-order valence-corrected chi connectivity index (χ0v) is 12.6. The van der Waals surface area contributed by atoms with Crippen LogP contribution in [0.25, 0.3) is 0 Å². The Morgan fingerprint density at radius 2 is 2.00 bits per heavy atom. The van der Waals surface area contributed by atoms with E-state index in [2.05, 4.69) is 16.5 Å². The number of benzene rings is 1. The van der Waals surface area contributed by atoms with Gasteiger partial charge in [-0.05, 0) is 37.3 Å². The van der Waals surface area contributed by atoms with Gasteiger partial charge in [-0.1, -0.05) is 23.4 Å². The molecule has 114 valence electrons. The van der Waals surface area contributed by atoms with Crippen molar-refractivity contribution in [2.24, 2.45) is 5.92 Å². The van der Waals surface area contributed by atoms with Gasteiger partial charge in [-0.2, -0.15) is 0 Å². The van der Waals surface area contributed by atoms with Crippen molar-refractivity contribution in [2.75, 3.05) is 13.1 Å². The number of rotatable bonds is 4. The van der Waals surface area contributed by atoms with Crippen LogP contribution in [0.1, 0.15) is 41.2 Å². The zero-order valence-electron chi connectivity index (χ0n) is 12.6. The van der Waals surface area contributed by atoms with Crippen LogP contribution in [0.5, 0.6) is 0 Å². The number of carbonyl (C=O) groups is 1. The highest BCUT2D eigenvalue weighted by Gasteiger charge is 2.29. The smallest absolute Gasteiger partial charge is 0.253 e. The minimum absolute atomic E-state index is 0.139. The summed E-state index contributed by atoms with van der Waals surface area (Å²) >= 11 is 0. The van der Waals surface area contributed by atoms with E-state index >= 15 is 0 Å². The van der Waals surface area contributed by atoms with E-state index in [0.717, 1.165) is 37.3 Å². The highest BCUT2D eigenvalue weighted by atomic mass is 16.2. The fourth-order valence-electron chi connectivity index (χ4n) is 3.16. The van der Waals surface area contributed by atoms with Crippen LogP contribution >= 0.6 is 0 Å². The molecule has 22 heavy (non-hydrogen) atoms.